The summed E-state index contributed by atoms with van der Waals surface area (Å²) in [5.74, 6) is 0.817. The molecule has 2 aromatic carbocycles. The van der Waals surface area contributed by atoms with Crippen molar-refractivity contribution in [1.82, 2.24) is 4.57 Å². The first-order valence-electron chi connectivity index (χ1n) is 9.90. The SMILES string of the molecule is Cc1ccc(C(C)C)c(OC(C)C(=O)Nc2ccc3c(c2)sc(=O)n3C(C)C)c1. The number of aromatic nitrogens is 1. The molecule has 1 heterocycles. The van der Waals surface area contributed by atoms with Gasteiger partial charge in [0.15, 0.2) is 6.10 Å². The summed E-state index contributed by atoms with van der Waals surface area (Å²) in [7, 11) is 0. The Morgan fingerprint density at radius 2 is 1.79 bits per heavy atom. The van der Waals surface area contributed by atoms with Crippen LogP contribution < -0.4 is 14.9 Å². The molecule has 29 heavy (non-hydrogen) atoms. The standard InChI is InChI=1S/C23H28N2O3S/c1-13(2)18-9-7-15(5)11-20(18)28-16(6)22(26)24-17-8-10-19-21(12-17)29-23(27)25(19)14(3)4/h7-14,16H,1-6H3,(H,24,26). The summed E-state index contributed by atoms with van der Waals surface area (Å²) >= 11 is 1.19. The third-order valence-electron chi connectivity index (χ3n) is 4.86. The molecule has 1 atom stereocenters. The van der Waals surface area contributed by atoms with Gasteiger partial charge >= 0.3 is 4.87 Å². The lowest BCUT2D eigenvalue weighted by Gasteiger charge is -2.19. The average molecular weight is 413 g/mol. The van der Waals surface area contributed by atoms with E-state index in [0.29, 0.717) is 11.6 Å². The Kier molecular flexibility index (Phi) is 6.13. The summed E-state index contributed by atoms with van der Waals surface area (Å²) in [4.78, 5) is 24.9. The van der Waals surface area contributed by atoms with Gasteiger partial charge in [0.1, 0.15) is 5.75 Å². The molecule has 0 spiro atoms. The van der Waals surface area contributed by atoms with Crippen LogP contribution >= 0.6 is 11.3 Å². The van der Waals surface area contributed by atoms with Crippen molar-refractivity contribution in [3.05, 3.63) is 57.2 Å². The zero-order valence-electron chi connectivity index (χ0n) is 17.8. The lowest BCUT2D eigenvalue weighted by atomic mass is 10.0. The summed E-state index contributed by atoms with van der Waals surface area (Å²) in [5, 5.41) is 2.91. The van der Waals surface area contributed by atoms with Crippen LogP contribution in [0.1, 0.15) is 57.7 Å². The van der Waals surface area contributed by atoms with Gasteiger partial charge in [-0.15, -0.1) is 0 Å². The van der Waals surface area contributed by atoms with Gasteiger partial charge in [-0.2, -0.15) is 0 Å². The number of amides is 1. The smallest absolute Gasteiger partial charge is 0.308 e. The number of rotatable bonds is 6. The Balaban J connectivity index is 1.78. The van der Waals surface area contributed by atoms with E-state index in [2.05, 4.69) is 31.3 Å². The topological polar surface area (TPSA) is 60.3 Å². The molecule has 0 saturated carbocycles. The second-order valence-corrected chi connectivity index (χ2v) is 8.95. The summed E-state index contributed by atoms with van der Waals surface area (Å²) in [6.45, 7) is 11.9. The summed E-state index contributed by atoms with van der Waals surface area (Å²) in [6, 6.07) is 11.7. The number of nitrogens with zero attached hydrogens (tertiary/aromatic N) is 1. The molecule has 0 fully saturated rings. The van der Waals surface area contributed by atoms with Gasteiger partial charge in [-0.25, -0.2) is 0 Å². The van der Waals surface area contributed by atoms with Crippen LogP contribution in [0, 0.1) is 6.92 Å². The number of hydrogen-bond donors (Lipinski definition) is 1. The van der Waals surface area contributed by atoms with Crippen LogP contribution in [0.5, 0.6) is 5.75 Å². The molecule has 154 valence electrons. The second kappa shape index (κ2) is 8.41. The Bertz CT molecular complexity index is 1100. The van der Waals surface area contributed by atoms with Crippen LogP contribution in [0.25, 0.3) is 10.2 Å². The number of benzene rings is 2. The van der Waals surface area contributed by atoms with Gasteiger partial charge < -0.3 is 10.1 Å². The van der Waals surface area contributed by atoms with Crippen molar-refractivity contribution in [1.29, 1.82) is 0 Å². The van der Waals surface area contributed by atoms with E-state index in [4.69, 9.17) is 4.74 Å². The maximum atomic E-state index is 12.7. The first kappa shape index (κ1) is 21.1. The number of carbonyl (C=O) groups excluding carboxylic acids is 1. The van der Waals surface area contributed by atoms with E-state index in [1.54, 1.807) is 11.5 Å². The normalized spacial score (nSPS) is 12.6. The van der Waals surface area contributed by atoms with Crippen LogP contribution in [-0.2, 0) is 4.79 Å². The van der Waals surface area contributed by atoms with Crippen LogP contribution in [0.4, 0.5) is 5.69 Å². The molecule has 6 heteroatoms. The van der Waals surface area contributed by atoms with Crippen LogP contribution in [-0.4, -0.2) is 16.6 Å². The third-order valence-corrected chi connectivity index (χ3v) is 5.78. The van der Waals surface area contributed by atoms with Gasteiger partial charge in [-0.1, -0.05) is 37.3 Å². The van der Waals surface area contributed by atoms with Crippen molar-refractivity contribution < 1.29 is 9.53 Å². The van der Waals surface area contributed by atoms with E-state index >= 15 is 0 Å². The molecule has 0 aliphatic carbocycles. The van der Waals surface area contributed by atoms with Gasteiger partial charge in [0.2, 0.25) is 0 Å². The summed E-state index contributed by atoms with van der Waals surface area (Å²) in [6.07, 6.45) is -0.649. The van der Waals surface area contributed by atoms with Crippen molar-refractivity contribution in [2.75, 3.05) is 5.32 Å². The van der Waals surface area contributed by atoms with Crippen molar-refractivity contribution in [3.63, 3.8) is 0 Å². The van der Waals surface area contributed by atoms with E-state index < -0.39 is 6.10 Å². The predicted octanol–water partition coefficient (Wildman–Crippen LogP) is 5.48. The molecule has 3 aromatic rings. The first-order chi connectivity index (χ1) is 13.7. The average Bonchev–Trinajstić information content (AvgIpc) is 2.96. The molecule has 1 N–H and O–H groups in total. The monoisotopic (exact) mass is 412 g/mol. The minimum Gasteiger partial charge on any atom is -0.481 e. The quantitative estimate of drug-likeness (QED) is 0.583. The Hall–Kier alpha value is -2.60. The molecule has 1 unspecified atom stereocenters. The van der Waals surface area contributed by atoms with Crippen LogP contribution in [0.15, 0.2) is 41.2 Å². The Morgan fingerprint density at radius 3 is 2.45 bits per heavy atom. The fourth-order valence-corrected chi connectivity index (χ4v) is 4.36. The lowest BCUT2D eigenvalue weighted by Crippen LogP contribution is -2.30. The minimum atomic E-state index is -0.649. The maximum Gasteiger partial charge on any atom is 0.308 e. The molecule has 1 amide bonds. The number of carbonyl (C=O) groups is 1. The van der Waals surface area contributed by atoms with E-state index in [0.717, 1.165) is 27.1 Å². The summed E-state index contributed by atoms with van der Waals surface area (Å²) < 4.78 is 8.62. The van der Waals surface area contributed by atoms with Gasteiger partial charge in [-0.05, 0) is 69.0 Å². The highest BCUT2D eigenvalue weighted by Crippen LogP contribution is 2.29. The van der Waals surface area contributed by atoms with Gasteiger partial charge in [0.25, 0.3) is 5.91 Å². The Morgan fingerprint density at radius 1 is 1.07 bits per heavy atom. The molecule has 5 nitrogen and oxygen atoms in total. The molecule has 0 radical (unpaired) electrons. The van der Waals surface area contributed by atoms with Gasteiger partial charge in [-0.3, -0.25) is 14.2 Å². The van der Waals surface area contributed by atoms with Crippen molar-refractivity contribution in [2.24, 2.45) is 0 Å². The van der Waals surface area contributed by atoms with Crippen molar-refractivity contribution in [2.45, 2.75) is 59.6 Å². The molecule has 1 aromatic heterocycles. The molecular formula is C23H28N2O3S. The first-order valence-corrected chi connectivity index (χ1v) is 10.7. The number of hydrogen-bond acceptors (Lipinski definition) is 4. The van der Waals surface area contributed by atoms with Crippen molar-refractivity contribution in [3.8, 4) is 5.75 Å². The van der Waals surface area contributed by atoms with E-state index in [-0.39, 0.29) is 16.8 Å². The Labute approximate surface area is 175 Å². The number of aryl methyl sites for hydroxylation is 1. The van der Waals surface area contributed by atoms with E-state index in [1.165, 1.54) is 11.3 Å². The number of fused-ring (bicyclic) bond motifs is 1. The zero-order valence-corrected chi connectivity index (χ0v) is 18.6. The molecule has 0 aliphatic heterocycles. The fraction of sp³-hybridized carbons (Fsp3) is 0.391. The van der Waals surface area contributed by atoms with E-state index in [9.17, 15) is 9.59 Å². The second-order valence-electron chi connectivity index (χ2n) is 7.96. The molecule has 0 saturated heterocycles. The van der Waals surface area contributed by atoms with Crippen LogP contribution in [0.3, 0.4) is 0 Å². The summed E-state index contributed by atoms with van der Waals surface area (Å²) in [5.41, 5.74) is 3.71. The third kappa shape index (κ3) is 4.53. The lowest BCUT2D eigenvalue weighted by molar-refractivity contribution is -0.122. The molecule has 0 bridgehead atoms. The number of nitrogens with one attached hydrogen (secondary N) is 1. The number of thiazole rings is 1. The maximum absolute atomic E-state index is 12.7. The fourth-order valence-electron chi connectivity index (χ4n) is 3.31. The van der Waals surface area contributed by atoms with Crippen LogP contribution in [0.2, 0.25) is 0 Å². The highest BCUT2D eigenvalue weighted by molar-refractivity contribution is 7.16. The van der Waals surface area contributed by atoms with Gasteiger partial charge in [0, 0.05) is 11.7 Å². The van der Waals surface area contributed by atoms with Gasteiger partial charge in [0.05, 0.1) is 10.2 Å². The predicted molar refractivity (Wildman–Crippen MR) is 120 cm³/mol. The number of anilines is 1. The largest absolute Gasteiger partial charge is 0.481 e. The molecule has 0 aliphatic rings. The molecule has 3 rings (SSSR count). The molecular weight excluding hydrogens is 384 g/mol. The van der Waals surface area contributed by atoms with E-state index in [1.807, 2.05) is 45.0 Å². The highest BCUT2D eigenvalue weighted by atomic mass is 32.1. The number of ether oxygens (including phenoxy) is 1. The van der Waals surface area contributed by atoms with Crippen molar-refractivity contribution >= 4 is 33.1 Å². The minimum absolute atomic E-state index is 0.0100. The zero-order chi connectivity index (χ0) is 21.3. The highest BCUT2D eigenvalue weighted by Gasteiger charge is 2.19.